The van der Waals surface area contributed by atoms with Gasteiger partial charge in [0.05, 0.1) is 5.69 Å². The Morgan fingerprint density at radius 2 is 1.88 bits per heavy atom. The van der Waals surface area contributed by atoms with E-state index in [2.05, 4.69) is 79.0 Å². The highest BCUT2D eigenvalue weighted by atomic mass is 32.2. The molecule has 0 unspecified atom stereocenters. The molecule has 0 aliphatic carbocycles. The van der Waals surface area contributed by atoms with E-state index in [9.17, 15) is 0 Å². The lowest BCUT2D eigenvalue weighted by atomic mass is 10.1. The smallest absolute Gasteiger partial charge is 0.191 e. The predicted molar refractivity (Wildman–Crippen MR) is 106 cm³/mol. The van der Waals surface area contributed by atoms with Gasteiger partial charge in [-0.25, -0.2) is 4.98 Å². The van der Waals surface area contributed by atoms with E-state index >= 15 is 0 Å². The zero-order valence-electron chi connectivity index (χ0n) is 15.4. The van der Waals surface area contributed by atoms with Crippen LogP contribution in [0.4, 0.5) is 0 Å². The lowest BCUT2D eigenvalue weighted by Gasteiger charge is -2.15. The Morgan fingerprint density at radius 1 is 1.12 bits per heavy atom. The van der Waals surface area contributed by atoms with E-state index in [1.807, 2.05) is 0 Å². The van der Waals surface area contributed by atoms with Crippen molar-refractivity contribution in [1.82, 2.24) is 19.7 Å². The summed E-state index contributed by atoms with van der Waals surface area (Å²) < 4.78 is 2.24. The van der Waals surface area contributed by atoms with E-state index in [-0.39, 0.29) is 0 Å². The molecule has 0 amide bonds. The van der Waals surface area contributed by atoms with Crippen LogP contribution in [0.15, 0.2) is 34.8 Å². The summed E-state index contributed by atoms with van der Waals surface area (Å²) in [6.07, 6.45) is 0. The molecule has 3 aromatic rings. The summed E-state index contributed by atoms with van der Waals surface area (Å²) in [7, 11) is 0. The highest BCUT2D eigenvalue weighted by molar-refractivity contribution is 7.98. The number of hydrogen-bond acceptors (Lipinski definition) is 5. The second kappa shape index (κ2) is 7.70. The molecule has 0 saturated carbocycles. The normalized spacial score (nSPS) is 11.6. The topological polar surface area (TPSA) is 43.6 Å². The van der Waals surface area contributed by atoms with Gasteiger partial charge in [-0.1, -0.05) is 49.9 Å². The first-order valence-corrected chi connectivity index (χ1v) is 10.4. The molecule has 0 fully saturated rings. The maximum Gasteiger partial charge on any atom is 0.191 e. The minimum atomic E-state index is 0.355. The number of aromatic nitrogens is 4. The van der Waals surface area contributed by atoms with Crippen molar-refractivity contribution in [2.75, 3.05) is 0 Å². The van der Waals surface area contributed by atoms with Crippen LogP contribution in [-0.2, 0) is 5.75 Å². The zero-order valence-corrected chi connectivity index (χ0v) is 17.0. The lowest BCUT2D eigenvalue weighted by Crippen LogP contribution is -2.09. The molecule has 2 aromatic heterocycles. The minimum absolute atomic E-state index is 0.355. The SMILES string of the molecule is Cc1ccccc1-c1nc(CSc2nnc(C(C)C)n2C(C)C)cs1. The van der Waals surface area contributed by atoms with E-state index in [1.165, 1.54) is 11.1 Å². The molecule has 0 bridgehead atoms. The van der Waals surface area contributed by atoms with Gasteiger partial charge in [0.2, 0.25) is 0 Å². The minimum Gasteiger partial charge on any atom is -0.303 e. The van der Waals surface area contributed by atoms with Gasteiger partial charge in [-0.15, -0.1) is 21.5 Å². The molecule has 25 heavy (non-hydrogen) atoms. The molecule has 1 aromatic carbocycles. The first-order chi connectivity index (χ1) is 12.0. The van der Waals surface area contributed by atoms with E-state index in [4.69, 9.17) is 4.98 Å². The van der Waals surface area contributed by atoms with Crippen molar-refractivity contribution in [2.45, 2.75) is 57.5 Å². The van der Waals surface area contributed by atoms with Crippen molar-refractivity contribution in [3.8, 4) is 10.6 Å². The van der Waals surface area contributed by atoms with E-state index in [0.717, 1.165) is 27.4 Å². The Morgan fingerprint density at radius 3 is 2.56 bits per heavy atom. The molecule has 6 heteroatoms. The van der Waals surface area contributed by atoms with Crippen LogP contribution >= 0.6 is 23.1 Å². The van der Waals surface area contributed by atoms with Gasteiger partial charge in [0.15, 0.2) is 5.16 Å². The highest BCUT2D eigenvalue weighted by Gasteiger charge is 2.18. The van der Waals surface area contributed by atoms with Gasteiger partial charge in [-0.05, 0) is 26.3 Å². The van der Waals surface area contributed by atoms with Crippen LogP contribution < -0.4 is 0 Å². The van der Waals surface area contributed by atoms with Crippen LogP contribution in [0.25, 0.3) is 10.6 Å². The Bertz CT molecular complexity index is 849. The molecule has 0 aliphatic heterocycles. The van der Waals surface area contributed by atoms with Crippen molar-refractivity contribution < 1.29 is 0 Å². The quantitative estimate of drug-likeness (QED) is 0.520. The Labute approximate surface area is 157 Å². The number of hydrogen-bond donors (Lipinski definition) is 0. The highest BCUT2D eigenvalue weighted by Crippen LogP contribution is 2.31. The van der Waals surface area contributed by atoms with Crippen molar-refractivity contribution >= 4 is 23.1 Å². The summed E-state index contributed by atoms with van der Waals surface area (Å²) in [5.74, 6) is 2.23. The monoisotopic (exact) mass is 372 g/mol. The number of thioether (sulfide) groups is 1. The molecule has 0 saturated heterocycles. The fourth-order valence-corrected chi connectivity index (χ4v) is 4.70. The van der Waals surface area contributed by atoms with Crippen LogP contribution in [0.2, 0.25) is 0 Å². The van der Waals surface area contributed by atoms with Crippen LogP contribution in [0.3, 0.4) is 0 Å². The van der Waals surface area contributed by atoms with E-state index < -0.39 is 0 Å². The largest absolute Gasteiger partial charge is 0.303 e. The maximum atomic E-state index is 4.81. The van der Waals surface area contributed by atoms with Crippen LogP contribution in [0, 0.1) is 6.92 Å². The molecule has 0 aliphatic rings. The zero-order chi connectivity index (χ0) is 18.0. The van der Waals surface area contributed by atoms with Gasteiger partial charge in [-0.2, -0.15) is 0 Å². The maximum absolute atomic E-state index is 4.81. The van der Waals surface area contributed by atoms with Crippen LogP contribution in [0.5, 0.6) is 0 Å². The summed E-state index contributed by atoms with van der Waals surface area (Å²) in [4.78, 5) is 4.81. The molecular formula is C19H24N4S2. The van der Waals surface area contributed by atoms with Crippen LogP contribution in [0.1, 0.15) is 56.7 Å². The van der Waals surface area contributed by atoms with Gasteiger partial charge in [-0.3, -0.25) is 0 Å². The van der Waals surface area contributed by atoms with E-state index in [1.54, 1.807) is 23.1 Å². The number of rotatable bonds is 6. The number of benzene rings is 1. The van der Waals surface area contributed by atoms with E-state index in [0.29, 0.717) is 12.0 Å². The average Bonchev–Trinajstić information content (AvgIpc) is 3.20. The Hall–Kier alpha value is -1.66. The third-order valence-electron chi connectivity index (χ3n) is 4.00. The molecule has 3 rings (SSSR count). The average molecular weight is 373 g/mol. The lowest BCUT2D eigenvalue weighted by molar-refractivity contribution is 0.512. The fourth-order valence-electron chi connectivity index (χ4n) is 2.71. The van der Waals surface area contributed by atoms with Crippen molar-refractivity contribution in [3.05, 3.63) is 46.7 Å². The molecule has 0 spiro atoms. The van der Waals surface area contributed by atoms with Gasteiger partial charge >= 0.3 is 0 Å². The molecule has 0 radical (unpaired) electrons. The third-order valence-corrected chi connectivity index (χ3v) is 5.90. The Balaban J connectivity index is 1.76. The van der Waals surface area contributed by atoms with Crippen molar-refractivity contribution in [1.29, 1.82) is 0 Å². The second-order valence-corrected chi connectivity index (χ2v) is 8.51. The Kier molecular flexibility index (Phi) is 5.59. The molecule has 2 heterocycles. The summed E-state index contributed by atoms with van der Waals surface area (Å²) in [6, 6.07) is 8.75. The van der Waals surface area contributed by atoms with Gasteiger partial charge in [0, 0.05) is 28.7 Å². The first-order valence-electron chi connectivity index (χ1n) is 8.55. The summed E-state index contributed by atoms with van der Waals surface area (Å²) in [5.41, 5.74) is 3.58. The standard InChI is InChI=1S/C19H24N4S2/c1-12(2)17-21-22-19(23(17)13(3)4)25-11-15-10-24-18(20-15)16-9-7-6-8-14(16)5/h6-10,12-13H,11H2,1-5H3. The second-order valence-electron chi connectivity index (χ2n) is 6.71. The van der Waals surface area contributed by atoms with Crippen molar-refractivity contribution in [2.24, 2.45) is 0 Å². The third kappa shape index (κ3) is 3.96. The van der Waals surface area contributed by atoms with Gasteiger partial charge in [0.1, 0.15) is 10.8 Å². The molecular weight excluding hydrogens is 348 g/mol. The first kappa shape index (κ1) is 18.1. The van der Waals surface area contributed by atoms with Crippen molar-refractivity contribution in [3.63, 3.8) is 0 Å². The summed E-state index contributed by atoms with van der Waals surface area (Å²) >= 11 is 3.42. The number of aryl methyl sites for hydroxylation is 1. The fraction of sp³-hybridized carbons (Fsp3) is 0.421. The summed E-state index contributed by atoms with van der Waals surface area (Å²) in [5, 5.41) is 13.0. The van der Waals surface area contributed by atoms with Gasteiger partial charge < -0.3 is 4.57 Å². The summed E-state index contributed by atoms with van der Waals surface area (Å²) in [6.45, 7) is 10.8. The molecule has 0 N–H and O–H groups in total. The molecule has 0 atom stereocenters. The number of nitrogens with zero attached hydrogens (tertiary/aromatic N) is 4. The molecule has 132 valence electrons. The predicted octanol–water partition coefficient (Wildman–Crippen LogP) is 5.71. The number of thiazole rings is 1. The molecule has 4 nitrogen and oxygen atoms in total. The van der Waals surface area contributed by atoms with Crippen LogP contribution in [-0.4, -0.2) is 19.7 Å². The van der Waals surface area contributed by atoms with Gasteiger partial charge in [0.25, 0.3) is 0 Å².